The number of nitrogens with one attached hydrogen (secondary N) is 2. The number of rotatable bonds is 6. The van der Waals surface area contributed by atoms with Crippen molar-refractivity contribution in [2.75, 3.05) is 33.2 Å². The molecule has 0 aliphatic carbocycles. The smallest absolute Gasteiger partial charge is 0.407 e. The van der Waals surface area contributed by atoms with Crippen LogP contribution in [-0.4, -0.2) is 61.7 Å². The number of carbonyl (C=O) groups is 2. The van der Waals surface area contributed by atoms with Gasteiger partial charge in [-0.15, -0.1) is 0 Å². The molecule has 0 radical (unpaired) electrons. The number of hydrogen-bond acceptors (Lipinski definition) is 4. The van der Waals surface area contributed by atoms with Gasteiger partial charge in [0.15, 0.2) is 5.96 Å². The summed E-state index contributed by atoms with van der Waals surface area (Å²) >= 11 is 0. The lowest BCUT2D eigenvalue weighted by molar-refractivity contribution is -0.119. The number of carbonyl (C=O) groups excluding carboxylic acids is 2. The monoisotopic (exact) mass is 355 g/mol. The molecular weight excluding hydrogens is 322 g/mol. The zero-order valence-electron chi connectivity index (χ0n) is 15.9. The number of piperidine rings is 1. The first-order chi connectivity index (χ1) is 11.7. The minimum atomic E-state index is -0.486. The number of ether oxygens (including phenoxy) is 1. The maximum atomic E-state index is 11.6. The van der Waals surface area contributed by atoms with E-state index in [-0.39, 0.29) is 5.91 Å². The summed E-state index contributed by atoms with van der Waals surface area (Å²) in [5.41, 5.74) is 4.82. The lowest BCUT2D eigenvalue weighted by atomic mass is 9.95. The summed E-state index contributed by atoms with van der Waals surface area (Å²) in [4.78, 5) is 29.1. The number of nitrogens with two attached hydrogens (primary N) is 1. The molecule has 0 aromatic carbocycles. The number of amides is 2. The molecule has 1 fully saturated rings. The molecule has 8 nitrogen and oxygen atoms in total. The van der Waals surface area contributed by atoms with Crippen LogP contribution >= 0.6 is 0 Å². The Hall–Kier alpha value is -1.99. The molecule has 0 bridgehead atoms. The van der Waals surface area contributed by atoms with Gasteiger partial charge in [0.25, 0.3) is 0 Å². The number of primary amides is 1. The summed E-state index contributed by atoms with van der Waals surface area (Å²) < 4.78 is 5.19. The third kappa shape index (κ3) is 9.16. The fourth-order valence-electron chi connectivity index (χ4n) is 2.83. The second kappa shape index (κ2) is 10.1. The predicted molar refractivity (Wildman–Crippen MR) is 98.3 cm³/mol. The molecule has 1 aliphatic heterocycles. The Balaban J connectivity index is 2.28. The van der Waals surface area contributed by atoms with Gasteiger partial charge in [0, 0.05) is 39.6 Å². The molecule has 1 heterocycles. The lowest BCUT2D eigenvalue weighted by Crippen LogP contribution is -2.47. The minimum Gasteiger partial charge on any atom is -0.444 e. The van der Waals surface area contributed by atoms with Gasteiger partial charge in [-0.2, -0.15) is 0 Å². The second-order valence-electron chi connectivity index (χ2n) is 7.38. The average Bonchev–Trinajstić information content (AvgIpc) is 2.48. The Bertz CT molecular complexity index is 473. The van der Waals surface area contributed by atoms with Gasteiger partial charge in [0.2, 0.25) is 5.91 Å². The molecule has 1 saturated heterocycles. The first-order valence-electron chi connectivity index (χ1n) is 8.92. The van der Waals surface area contributed by atoms with E-state index in [2.05, 4.69) is 20.5 Å². The van der Waals surface area contributed by atoms with Crippen LogP contribution in [-0.2, 0) is 9.53 Å². The van der Waals surface area contributed by atoms with E-state index >= 15 is 0 Å². The van der Waals surface area contributed by atoms with Crippen LogP contribution in [0.15, 0.2) is 4.99 Å². The van der Waals surface area contributed by atoms with Crippen LogP contribution in [0, 0.1) is 5.92 Å². The fourth-order valence-corrected chi connectivity index (χ4v) is 2.83. The van der Waals surface area contributed by atoms with E-state index in [1.54, 1.807) is 7.05 Å². The Morgan fingerprint density at radius 3 is 2.56 bits per heavy atom. The molecule has 1 unspecified atom stereocenters. The van der Waals surface area contributed by atoms with Gasteiger partial charge >= 0.3 is 6.09 Å². The molecule has 2 amide bonds. The normalized spacial score (nSPS) is 18.6. The first-order valence-corrected chi connectivity index (χ1v) is 8.92. The van der Waals surface area contributed by atoms with E-state index in [0.29, 0.717) is 25.4 Å². The van der Waals surface area contributed by atoms with E-state index in [1.165, 1.54) is 0 Å². The van der Waals surface area contributed by atoms with E-state index in [1.807, 2.05) is 20.8 Å². The maximum absolute atomic E-state index is 11.6. The van der Waals surface area contributed by atoms with Gasteiger partial charge in [-0.25, -0.2) is 4.79 Å². The number of nitrogens with zero attached hydrogens (tertiary/aromatic N) is 2. The van der Waals surface area contributed by atoms with Crippen molar-refractivity contribution < 1.29 is 14.3 Å². The van der Waals surface area contributed by atoms with Crippen LogP contribution in [0.25, 0.3) is 0 Å². The Morgan fingerprint density at radius 2 is 1.96 bits per heavy atom. The largest absolute Gasteiger partial charge is 0.444 e. The summed E-state index contributed by atoms with van der Waals surface area (Å²) in [7, 11) is 1.75. The van der Waals surface area contributed by atoms with Crippen molar-refractivity contribution in [2.24, 2.45) is 16.6 Å². The van der Waals surface area contributed by atoms with Crippen LogP contribution in [0.2, 0.25) is 0 Å². The fraction of sp³-hybridized carbons (Fsp3) is 0.824. The van der Waals surface area contributed by atoms with Gasteiger partial charge in [0.1, 0.15) is 5.60 Å². The molecule has 0 aromatic rings. The van der Waals surface area contributed by atoms with Gasteiger partial charge in [-0.05, 0) is 46.0 Å². The van der Waals surface area contributed by atoms with Crippen molar-refractivity contribution in [3.63, 3.8) is 0 Å². The molecule has 0 aromatic heterocycles. The zero-order valence-corrected chi connectivity index (χ0v) is 15.9. The van der Waals surface area contributed by atoms with Crippen molar-refractivity contribution >= 4 is 18.0 Å². The topological polar surface area (TPSA) is 109 Å². The molecule has 144 valence electrons. The van der Waals surface area contributed by atoms with E-state index < -0.39 is 11.7 Å². The lowest BCUT2D eigenvalue weighted by Gasteiger charge is -2.34. The molecule has 1 atom stereocenters. The van der Waals surface area contributed by atoms with Gasteiger partial charge < -0.3 is 26.0 Å². The molecule has 8 heteroatoms. The summed E-state index contributed by atoms with van der Waals surface area (Å²) in [6.45, 7) is 8.44. The minimum absolute atomic E-state index is 0.247. The molecule has 0 spiro atoms. The van der Waals surface area contributed by atoms with Crippen molar-refractivity contribution in [1.29, 1.82) is 0 Å². The number of guanidine groups is 1. The van der Waals surface area contributed by atoms with Crippen molar-refractivity contribution in [3.8, 4) is 0 Å². The Labute approximate surface area is 150 Å². The third-order valence-corrected chi connectivity index (χ3v) is 3.83. The van der Waals surface area contributed by atoms with E-state index in [0.717, 1.165) is 38.3 Å². The van der Waals surface area contributed by atoms with Crippen molar-refractivity contribution in [2.45, 2.75) is 52.1 Å². The quantitative estimate of drug-likeness (QED) is 0.375. The van der Waals surface area contributed by atoms with Crippen molar-refractivity contribution in [1.82, 2.24) is 15.5 Å². The highest BCUT2D eigenvalue weighted by Crippen LogP contribution is 2.19. The molecule has 1 rings (SSSR count). The van der Waals surface area contributed by atoms with Crippen LogP contribution in [0.4, 0.5) is 4.79 Å². The second-order valence-corrected chi connectivity index (χ2v) is 7.38. The highest BCUT2D eigenvalue weighted by molar-refractivity contribution is 5.80. The first kappa shape index (κ1) is 21.1. The number of likely N-dealkylation sites (tertiary alicyclic amines) is 1. The van der Waals surface area contributed by atoms with Crippen LogP contribution in [0.5, 0.6) is 0 Å². The van der Waals surface area contributed by atoms with Gasteiger partial charge in [0.05, 0.1) is 0 Å². The predicted octanol–water partition coefficient (Wildman–Crippen LogP) is 1.06. The van der Waals surface area contributed by atoms with Crippen LogP contribution < -0.4 is 16.4 Å². The maximum Gasteiger partial charge on any atom is 0.407 e. The van der Waals surface area contributed by atoms with Gasteiger partial charge in [-0.1, -0.05) is 0 Å². The average molecular weight is 355 g/mol. The zero-order chi connectivity index (χ0) is 18.9. The number of alkyl carbamates (subject to hydrolysis) is 1. The Kier molecular flexibility index (Phi) is 8.51. The molecule has 4 N–H and O–H groups in total. The standard InChI is InChI=1S/C17H33N5O3/c1-17(2,3)25-16(24)21-9-6-8-20-15(19-4)22-10-5-7-13(12-22)11-14(18)23/h13H,5-12H2,1-4H3,(H2,18,23)(H,19,20)(H,21,24). The Morgan fingerprint density at radius 1 is 1.28 bits per heavy atom. The number of aliphatic imine (C=N–C) groups is 1. The van der Waals surface area contributed by atoms with Crippen molar-refractivity contribution in [3.05, 3.63) is 0 Å². The molecule has 0 saturated carbocycles. The van der Waals surface area contributed by atoms with Crippen LogP contribution in [0.3, 0.4) is 0 Å². The van der Waals surface area contributed by atoms with Crippen LogP contribution in [0.1, 0.15) is 46.5 Å². The summed E-state index contributed by atoms with van der Waals surface area (Å²) in [5.74, 6) is 0.869. The molecule has 25 heavy (non-hydrogen) atoms. The SMILES string of the molecule is CN=C(NCCCNC(=O)OC(C)(C)C)N1CCCC(CC(N)=O)C1. The van der Waals surface area contributed by atoms with E-state index in [4.69, 9.17) is 10.5 Å². The summed E-state index contributed by atoms with van der Waals surface area (Å²) in [5, 5.41) is 6.04. The summed E-state index contributed by atoms with van der Waals surface area (Å²) in [6, 6.07) is 0. The third-order valence-electron chi connectivity index (χ3n) is 3.83. The number of hydrogen-bond donors (Lipinski definition) is 3. The molecule has 1 aliphatic rings. The summed E-state index contributed by atoms with van der Waals surface area (Å²) in [6.07, 6.45) is 2.83. The highest BCUT2D eigenvalue weighted by atomic mass is 16.6. The van der Waals surface area contributed by atoms with E-state index in [9.17, 15) is 9.59 Å². The molecular formula is C17H33N5O3. The highest BCUT2D eigenvalue weighted by Gasteiger charge is 2.23. The van der Waals surface area contributed by atoms with Gasteiger partial charge in [-0.3, -0.25) is 9.79 Å².